The Balaban J connectivity index is 2.27. The molecule has 19 heavy (non-hydrogen) atoms. The molecule has 2 aromatic rings. The SMILES string of the molecule is Cc1cc(NN)c(C(=O)Nc2cn(C)nc2C)cn1. The maximum Gasteiger partial charge on any atom is 0.259 e. The number of hydrazine groups is 1. The normalized spacial score (nSPS) is 10.3. The van der Waals surface area contributed by atoms with Crippen LogP contribution >= 0.6 is 0 Å². The number of hydrogen-bond donors (Lipinski definition) is 3. The largest absolute Gasteiger partial charge is 0.323 e. The number of nitrogen functional groups attached to an aromatic ring is 1. The van der Waals surface area contributed by atoms with Gasteiger partial charge in [-0.3, -0.25) is 20.3 Å². The fraction of sp³-hybridized carbons (Fsp3) is 0.250. The zero-order chi connectivity index (χ0) is 14.0. The van der Waals surface area contributed by atoms with Crippen LogP contribution < -0.4 is 16.6 Å². The number of pyridine rings is 1. The lowest BCUT2D eigenvalue weighted by molar-refractivity contribution is 0.102. The second-order valence-electron chi connectivity index (χ2n) is 4.27. The molecule has 4 N–H and O–H groups in total. The zero-order valence-corrected chi connectivity index (χ0v) is 11.1. The third-order valence-corrected chi connectivity index (χ3v) is 2.70. The molecule has 0 radical (unpaired) electrons. The highest BCUT2D eigenvalue weighted by atomic mass is 16.1. The maximum absolute atomic E-state index is 12.2. The van der Waals surface area contributed by atoms with Crippen molar-refractivity contribution in [2.24, 2.45) is 12.9 Å². The number of carbonyl (C=O) groups excluding carboxylic acids is 1. The predicted molar refractivity (Wildman–Crippen MR) is 72.7 cm³/mol. The molecule has 7 heteroatoms. The van der Waals surface area contributed by atoms with E-state index in [1.165, 1.54) is 6.20 Å². The third kappa shape index (κ3) is 2.71. The van der Waals surface area contributed by atoms with Crippen molar-refractivity contribution in [2.45, 2.75) is 13.8 Å². The van der Waals surface area contributed by atoms with Gasteiger partial charge in [-0.1, -0.05) is 0 Å². The number of anilines is 2. The first-order chi connectivity index (χ1) is 9.01. The van der Waals surface area contributed by atoms with Gasteiger partial charge in [-0.25, -0.2) is 0 Å². The van der Waals surface area contributed by atoms with Crippen molar-refractivity contribution in [2.75, 3.05) is 10.7 Å². The Hall–Kier alpha value is -2.41. The third-order valence-electron chi connectivity index (χ3n) is 2.70. The molecule has 0 fully saturated rings. The molecule has 0 aromatic carbocycles. The average Bonchev–Trinajstić information content (AvgIpc) is 2.67. The van der Waals surface area contributed by atoms with Gasteiger partial charge in [0.05, 0.1) is 22.6 Å². The molecule has 0 saturated carbocycles. The van der Waals surface area contributed by atoms with Crippen LogP contribution in [0.4, 0.5) is 11.4 Å². The average molecular weight is 260 g/mol. The van der Waals surface area contributed by atoms with Crippen molar-refractivity contribution in [1.29, 1.82) is 0 Å². The van der Waals surface area contributed by atoms with Gasteiger partial charge in [-0.2, -0.15) is 5.10 Å². The van der Waals surface area contributed by atoms with Crippen LogP contribution in [0.3, 0.4) is 0 Å². The van der Waals surface area contributed by atoms with Crippen LogP contribution in [0.25, 0.3) is 0 Å². The van der Waals surface area contributed by atoms with Gasteiger partial charge in [0.1, 0.15) is 0 Å². The van der Waals surface area contributed by atoms with Crippen molar-refractivity contribution in [3.05, 3.63) is 35.4 Å². The molecule has 1 amide bonds. The summed E-state index contributed by atoms with van der Waals surface area (Å²) in [7, 11) is 1.79. The first kappa shape index (κ1) is 13.0. The quantitative estimate of drug-likeness (QED) is 0.564. The van der Waals surface area contributed by atoms with Crippen LogP contribution in [-0.4, -0.2) is 20.7 Å². The molecule has 7 nitrogen and oxygen atoms in total. The second kappa shape index (κ2) is 5.07. The van der Waals surface area contributed by atoms with E-state index in [-0.39, 0.29) is 5.91 Å². The van der Waals surface area contributed by atoms with E-state index in [4.69, 9.17) is 5.84 Å². The van der Waals surface area contributed by atoms with Gasteiger partial charge < -0.3 is 10.7 Å². The fourth-order valence-electron chi connectivity index (χ4n) is 1.77. The van der Waals surface area contributed by atoms with E-state index in [2.05, 4.69) is 20.8 Å². The number of aryl methyl sites for hydroxylation is 3. The molecule has 2 rings (SSSR count). The standard InChI is InChI=1S/C12H16N6O/c1-7-4-10(16-13)9(5-14-7)12(19)15-11-6-18(3)17-8(11)2/h4-6H,13H2,1-3H3,(H,14,16)(H,15,19). The van der Waals surface area contributed by atoms with Crippen LogP contribution in [-0.2, 0) is 7.05 Å². The summed E-state index contributed by atoms with van der Waals surface area (Å²) in [5.41, 5.74) is 5.61. The lowest BCUT2D eigenvalue weighted by atomic mass is 10.2. The van der Waals surface area contributed by atoms with Crippen molar-refractivity contribution >= 4 is 17.3 Å². The van der Waals surface area contributed by atoms with Gasteiger partial charge in [0.25, 0.3) is 5.91 Å². The highest BCUT2D eigenvalue weighted by molar-refractivity contribution is 6.07. The summed E-state index contributed by atoms with van der Waals surface area (Å²) < 4.78 is 1.64. The molecule has 0 atom stereocenters. The summed E-state index contributed by atoms with van der Waals surface area (Å²) in [5.74, 6) is 5.13. The summed E-state index contributed by atoms with van der Waals surface area (Å²) in [6, 6.07) is 1.71. The minimum atomic E-state index is -0.281. The molecular weight excluding hydrogens is 244 g/mol. The molecule has 0 spiro atoms. The van der Waals surface area contributed by atoms with Crippen LogP contribution in [0.1, 0.15) is 21.7 Å². The Bertz CT molecular complexity index is 619. The molecule has 0 aliphatic carbocycles. The van der Waals surface area contributed by atoms with E-state index >= 15 is 0 Å². The lowest BCUT2D eigenvalue weighted by Gasteiger charge is -2.09. The number of nitrogens with zero attached hydrogens (tertiary/aromatic N) is 3. The smallest absolute Gasteiger partial charge is 0.259 e. The Morgan fingerprint density at radius 2 is 2.11 bits per heavy atom. The number of hydrogen-bond acceptors (Lipinski definition) is 5. The van der Waals surface area contributed by atoms with Gasteiger partial charge in [-0.05, 0) is 19.9 Å². The Kier molecular flexibility index (Phi) is 3.48. The van der Waals surface area contributed by atoms with Gasteiger partial charge in [0.2, 0.25) is 0 Å². The summed E-state index contributed by atoms with van der Waals surface area (Å²) in [4.78, 5) is 16.3. The minimum Gasteiger partial charge on any atom is -0.323 e. The Morgan fingerprint density at radius 3 is 2.68 bits per heavy atom. The van der Waals surface area contributed by atoms with E-state index in [1.807, 2.05) is 13.8 Å². The minimum absolute atomic E-state index is 0.281. The summed E-state index contributed by atoms with van der Waals surface area (Å²) in [6.07, 6.45) is 3.23. The van der Waals surface area contributed by atoms with Crippen LogP contribution in [0, 0.1) is 13.8 Å². The predicted octanol–water partition coefficient (Wildman–Crippen LogP) is 0.970. The van der Waals surface area contributed by atoms with E-state index < -0.39 is 0 Å². The van der Waals surface area contributed by atoms with Crippen LogP contribution in [0.5, 0.6) is 0 Å². The van der Waals surface area contributed by atoms with Gasteiger partial charge in [0.15, 0.2) is 0 Å². The number of amides is 1. The van der Waals surface area contributed by atoms with Crippen molar-refractivity contribution in [1.82, 2.24) is 14.8 Å². The summed E-state index contributed by atoms with van der Waals surface area (Å²) >= 11 is 0. The molecule has 0 aliphatic rings. The molecule has 0 unspecified atom stereocenters. The maximum atomic E-state index is 12.2. The Labute approximate surface area is 110 Å². The molecule has 0 aliphatic heterocycles. The molecule has 2 heterocycles. The first-order valence-electron chi connectivity index (χ1n) is 5.76. The highest BCUT2D eigenvalue weighted by Gasteiger charge is 2.14. The first-order valence-corrected chi connectivity index (χ1v) is 5.76. The number of nitrogens with two attached hydrogens (primary N) is 1. The Morgan fingerprint density at radius 1 is 1.37 bits per heavy atom. The summed E-state index contributed by atoms with van der Waals surface area (Å²) in [5, 5.41) is 6.94. The molecular formula is C12H16N6O. The van der Waals surface area contributed by atoms with Gasteiger partial charge in [0, 0.05) is 25.1 Å². The van der Waals surface area contributed by atoms with Crippen molar-refractivity contribution in [3.63, 3.8) is 0 Å². The number of rotatable bonds is 3. The fourth-order valence-corrected chi connectivity index (χ4v) is 1.77. The molecule has 0 bridgehead atoms. The summed E-state index contributed by atoms with van der Waals surface area (Å²) in [6.45, 7) is 3.65. The van der Waals surface area contributed by atoms with Crippen LogP contribution in [0.2, 0.25) is 0 Å². The van der Waals surface area contributed by atoms with Gasteiger partial charge in [-0.15, -0.1) is 0 Å². The van der Waals surface area contributed by atoms with Crippen molar-refractivity contribution < 1.29 is 4.79 Å². The van der Waals surface area contributed by atoms with Crippen molar-refractivity contribution in [3.8, 4) is 0 Å². The lowest BCUT2D eigenvalue weighted by Crippen LogP contribution is -2.18. The number of carbonyl (C=O) groups is 1. The van der Waals surface area contributed by atoms with E-state index in [0.29, 0.717) is 16.9 Å². The molecule has 100 valence electrons. The number of aromatic nitrogens is 3. The highest BCUT2D eigenvalue weighted by Crippen LogP contribution is 2.18. The van der Waals surface area contributed by atoms with E-state index in [9.17, 15) is 4.79 Å². The monoisotopic (exact) mass is 260 g/mol. The topological polar surface area (TPSA) is 97.9 Å². The van der Waals surface area contributed by atoms with E-state index in [1.54, 1.807) is 24.0 Å². The molecule has 2 aromatic heterocycles. The zero-order valence-electron chi connectivity index (χ0n) is 11.1. The van der Waals surface area contributed by atoms with Gasteiger partial charge >= 0.3 is 0 Å². The second-order valence-corrected chi connectivity index (χ2v) is 4.27. The number of nitrogens with one attached hydrogen (secondary N) is 2. The van der Waals surface area contributed by atoms with E-state index in [0.717, 1.165) is 11.4 Å². The molecule has 0 saturated heterocycles. The van der Waals surface area contributed by atoms with Crippen LogP contribution in [0.15, 0.2) is 18.5 Å².